The van der Waals surface area contributed by atoms with E-state index in [0.717, 1.165) is 43.2 Å². The third-order valence-corrected chi connectivity index (χ3v) is 7.57. The summed E-state index contributed by atoms with van der Waals surface area (Å²) in [6.07, 6.45) is 7.94. The second-order valence-corrected chi connectivity index (χ2v) is 9.43. The van der Waals surface area contributed by atoms with Crippen molar-refractivity contribution in [1.29, 1.82) is 10.5 Å². The molecule has 0 aliphatic rings. The van der Waals surface area contributed by atoms with E-state index in [4.69, 9.17) is 23.7 Å². The summed E-state index contributed by atoms with van der Waals surface area (Å²) in [7, 11) is 0. The molecule has 1 atom stereocenters. The van der Waals surface area contributed by atoms with Gasteiger partial charge in [-0.3, -0.25) is 0 Å². The standard InChI is InChI=1S/C24H21N5S2/c1-5-7-8-16(6-2)15-29-21-11-19(9-17(13-25)27-3)30-23(21)24-22(29)12-20(31-24)10-18(14-26)28-4/h9-12,16H,5-8,15H2,1-2H3/b17-9-,18-10+. The second kappa shape index (κ2) is 10.1. The Morgan fingerprint density at radius 1 is 1.03 bits per heavy atom. The molecule has 3 aromatic rings. The van der Waals surface area contributed by atoms with Crippen LogP contribution >= 0.6 is 22.7 Å². The average Bonchev–Trinajstić information content (AvgIpc) is 3.45. The number of hydrogen-bond donors (Lipinski definition) is 0. The zero-order valence-electron chi connectivity index (χ0n) is 17.5. The van der Waals surface area contributed by atoms with E-state index in [-0.39, 0.29) is 11.4 Å². The molecule has 0 spiro atoms. The molecule has 0 bridgehead atoms. The first-order valence-corrected chi connectivity index (χ1v) is 11.8. The van der Waals surface area contributed by atoms with Crippen molar-refractivity contribution < 1.29 is 0 Å². The van der Waals surface area contributed by atoms with Gasteiger partial charge in [0.15, 0.2) is 0 Å². The predicted octanol–water partition coefficient (Wildman–Crippen LogP) is 7.70. The van der Waals surface area contributed by atoms with Crippen LogP contribution in [0.2, 0.25) is 0 Å². The van der Waals surface area contributed by atoms with E-state index in [1.165, 1.54) is 19.3 Å². The Labute approximate surface area is 190 Å². The van der Waals surface area contributed by atoms with Crippen LogP contribution in [0.25, 0.3) is 42.3 Å². The summed E-state index contributed by atoms with van der Waals surface area (Å²) in [6.45, 7) is 19.6. The number of aromatic nitrogens is 1. The molecular formula is C24H21N5S2. The summed E-state index contributed by atoms with van der Waals surface area (Å²) >= 11 is 3.15. The highest BCUT2D eigenvalue weighted by Crippen LogP contribution is 2.42. The number of allylic oxidation sites excluding steroid dienone is 2. The smallest absolute Gasteiger partial charge is 0.263 e. The van der Waals surface area contributed by atoms with Crippen LogP contribution in [0.3, 0.4) is 0 Å². The summed E-state index contributed by atoms with van der Waals surface area (Å²) in [4.78, 5) is 8.33. The number of thiophene rings is 2. The van der Waals surface area contributed by atoms with Crippen molar-refractivity contribution in [1.82, 2.24) is 4.57 Å². The first kappa shape index (κ1) is 22.3. The van der Waals surface area contributed by atoms with Crippen LogP contribution in [0.5, 0.6) is 0 Å². The van der Waals surface area contributed by atoms with Gasteiger partial charge in [-0.2, -0.15) is 0 Å². The molecule has 0 aliphatic heterocycles. The Bertz CT molecular complexity index is 1210. The van der Waals surface area contributed by atoms with Crippen LogP contribution < -0.4 is 0 Å². The van der Waals surface area contributed by atoms with Gasteiger partial charge in [0.1, 0.15) is 0 Å². The van der Waals surface area contributed by atoms with Gasteiger partial charge in [-0.05, 0) is 36.6 Å². The van der Waals surface area contributed by atoms with Crippen molar-refractivity contribution in [2.75, 3.05) is 0 Å². The lowest BCUT2D eigenvalue weighted by Crippen LogP contribution is -2.09. The minimum absolute atomic E-state index is 0.0756. The minimum atomic E-state index is 0.0756. The van der Waals surface area contributed by atoms with Gasteiger partial charge >= 0.3 is 0 Å². The van der Waals surface area contributed by atoms with Gasteiger partial charge in [0.2, 0.25) is 0 Å². The molecule has 0 N–H and O–H groups in total. The number of hydrogen-bond acceptors (Lipinski definition) is 4. The first-order valence-electron chi connectivity index (χ1n) is 10.1. The van der Waals surface area contributed by atoms with Gasteiger partial charge in [0.25, 0.3) is 11.4 Å². The molecular weight excluding hydrogens is 422 g/mol. The summed E-state index contributed by atoms with van der Waals surface area (Å²) < 4.78 is 4.59. The maximum atomic E-state index is 9.12. The number of unbranched alkanes of at least 4 members (excludes halogenated alkanes) is 1. The molecule has 154 valence electrons. The SMILES string of the molecule is [C-]#[N+]/C(C#N)=C\c1cc2c(s1)c1sc(/C=C(\C#N)[N+]#[C-])cc1n2CC(CC)CCCC. The lowest BCUT2D eigenvalue weighted by atomic mass is 9.99. The highest BCUT2D eigenvalue weighted by atomic mass is 32.1. The summed E-state index contributed by atoms with van der Waals surface area (Å²) in [6, 6.07) is 8.00. The first-order chi connectivity index (χ1) is 15.1. The lowest BCUT2D eigenvalue weighted by molar-refractivity contribution is 0.401. The topological polar surface area (TPSA) is 61.2 Å². The highest BCUT2D eigenvalue weighted by Gasteiger charge is 2.19. The molecule has 3 heterocycles. The van der Waals surface area contributed by atoms with Crippen molar-refractivity contribution >= 4 is 55.3 Å². The molecule has 0 radical (unpaired) electrons. The van der Waals surface area contributed by atoms with E-state index in [0.29, 0.717) is 5.92 Å². The van der Waals surface area contributed by atoms with E-state index < -0.39 is 0 Å². The van der Waals surface area contributed by atoms with Crippen molar-refractivity contribution in [3.05, 3.63) is 56.1 Å². The largest absolute Gasteiger partial charge is 0.339 e. The Morgan fingerprint density at radius 3 is 1.94 bits per heavy atom. The Hall–Kier alpha value is -3.36. The summed E-state index contributed by atoms with van der Waals surface area (Å²) in [5.74, 6) is 0.562. The molecule has 5 nitrogen and oxygen atoms in total. The van der Waals surface area contributed by atoms with E-state index in [1.807, 2.05) is 12.1 Å². The second-order valence-electron chi connectivity index (χ2n) is 7.26. The Kier molecular flexibility index (Phi) is 7.28. The Morgan fingerprint density at radius 2 is 1.55 bits per heavy atom. The molecule has 3 rings (SSSR count). The van der Waals surface area contributed by atoms with Crippen LogP contribution in [0.4, 0.5) is 0 Å². The van der Waals surface area contributed by atoms with Gasteiger partial charge in [-0.1, -0.05) is 33.1 Å². The maximum Gasteiger partial charge on any atom is 0.263 e. The van der Waals surface area contributed by atoms with Gasteiger partial charge in [0, 0.05) is 16.3 Å². The van der Waals surface area contributed by atoms with E-state index in [1.54, 1.807) is 34.8 Å². The van der Waals surface area contributed by atoms with Crippen LogP contribution in [-0.2, 0) is 6.54 Å². The number of fused-ring (bicyclic) bond motifs is 3. The quantitative estimate of drug-likeness (QED) is 0.264. The molecule has 0 aromatic carbocycles. The lowest BCUT2D eigenvalue weighted by Gasteiger charge is -2.16. The van der Waals surface area contributed by atoms with Crippen molar-refractivity contribution in [2.24, 2.45) is 5.92 Å². The Balaban J connectivity index is 2.18. The number of nitrogens with zero attached hydrogens (tertiary/aromatic N) is 5. The van der Waals surface area contributed by atoms with Crippen LogP contribution in [0.1, 0.15) is 49.3 Å². The molecule has 0 saturated carbocycles. The van der Waals surface area contributed by atoms with Gasteiger partial charge in [0.05, 0.1) is 45.7 Å². The fourth-order valence-electron chi connectivity index (χ4n) is 3.62. The minimum Gasteiger partial charge on any atom is -0.339 e. The van der Waals surface area contributed by atoms with Crippen LogP contribution in [0, 0.1) is 41.7 Å². The zero-order valence-corrected chi connectivity index (χ0v) is 19.1. The molecule has 7 heteroatoms. The third-order valence-electron chi connectivity index (χ3n) is 5.26. The maximum absolute atomic E-state index is 9.12. The van der Waals surface area contributed by atoms with Crippen LogP contribution in [0.15, 0.2) is 23.5 Å². The van der Waals surface area contributed by atoms with Crippen LogP contribution in [-0.4, -0.2) is 4.57 Å². The number of nitriles is 2. The summed E-state index contributed by atoms with van der Waals surface area (Å²) in [5.41, 5.74) is 2.39. The molecule has 0 fully saturated rings. The molecule has 31 heavy (non-hydrogen) atoms. The fourth-order valence-corrected chi connectivity index (χ4v) is 5.96. The highest BCUT2D eigenvalue weighted by molar-refractivity contribution is 7.28. The molecule has 0 aliphatic carbocycles. The van der Waals surface area contributed by atoms with E-state index in [2.05, 4.69) is 40.2 Å². The van der Waals surface area contributed by atoms with Crippen molar-refractivity contribution in [3.63, 3.8) is 0 Å². The van der Waals surface area contributed by atoms with Gasteiger partial charge in [-0.15, -0.1) is 22.7 Å². The van der Waals surface area contributed by atoms with Crippen molar-refractivity contribution in [2.45, 2.75) is 46.1 Å². The molecule has 1 unspecified atom stereocenters. The van der Waals surface area contributed by atoms with Gasteiger partial charge < -0.3 is 4.57 Å². The molecule has 0 saturated heterocycles. The predicted molar refractivity (Wildman–Crippen MR) is 129 cm³/mol. The zero-order chi connectivity index (χ0) is 22.4. The molecule has 0 amide bonds. The third kappa shape index (κ3) is 4.70. The molecule has 3 aromatic heterocycles. The number of rotatable bonds is 8. The summed E-state index contributed by atoms with van der Waals surface area (Å²) in [5, 5.41) is 18.2. The monoisotopic (exact) mass is 443 g/mol. The van der Waals surface area contributed by atoms with E-state index in [9.17, 15) is 0 Å². The van der Waals surface area contributed by atoms with Gasteiger partial charge in [-0.25, -0.2) is 20.2 Å². The van der Waals surface area contributed by atoms with E-state index >= 15 is 0 Å². The average molecular weight is 444 g/mol. The fraction of sp³-hybridized carbons (Fsp3) is 0.333. The normalized spacial score (nSPS) is 13.0. The van der Waals surface area contributed by atoms with Crippen molar-refractivity contribution in [3.8, 4) is 12.1 Å².